The maximum absolute atomic E-state index is 12.6. The number of aryl methyl sites for hydroxylation is 1. The van der Waals surface area contributed by atoms with Crippen LogP contribution in [0.15, 0.2) is 29.6 Å². The molecule has 7 heteroatoms. The van der Waals surface area contributed by atoms with Crippen LogP contribution in [0.25, 0.3) is 0 Å². The zero-order valence-electron chi connectivity index (χ0n) is 16.7. The number of carbonyl (C=O) groups excluding carboxylic acids is 2. The summed E-state index contributed by atoms with van der Waals surface area (Å²) >= 11 is 1.68. The first-order chi connectivity index (χ1) is 13.4. The van der Waals surface area contributed by atoms with Crippen LogP contribution in [0.5, 0.6) is 0 Å². The highest BCUT2D eigenvalue weighted by Crippen LogP contribution is 2.21. The molecule has 0 unspecified atom stereocenters. The second kappa shape index (κ2) is 9.30. The number of thiazole rings is 1. The minimum atomic E-state index is -0.101. The number of nitrogens with zero attached hydrogens (tertiary/aromatic N) is 2. The summed E-state index contributed by atoms with van der Waals surface area (Å²) in [6.07, 6.45) is 1.70. The van der Waals surface area contributed by atoms with Crippen LogP contribution in [0.4, 0.5) is 5.69 Å². The van der Waals surface area contributed by atoms with Crippen molar-refractivity contribution >= 4 is 28.8 Å². The van der Waals surface area contributed by atoms with Crippen molar-refractivity contribution in [1.82, 2.24) is 15.2 Å². The molecule has 0 spiro atoms. The van der Waals surface area contributed by atoms with Crippen molar-refractivity contribution in [2.24, 2.45) is 5.92 Å². The first kappa shape index (κ1) is 20.5. The topological polar surface area (TPSA) is 74.3 Å². The summed E-state index contributed by atoms with van der Waals surface area (Å²) in [4.78, 5) is 31.5. The zero-order valence-corrected chi connectivity index (χ0v) is 17.5. The van der Waals surface area contributed by atoms with E-state index in [1.165, 1.54) is 0 Å². The van der Waals surface area contributed by atoms with E-state index in [1.54, 1.807) is 35.6 Å². The van der Waals surface area contributed by atoms with E-state index >= 15 is 0 Å². The second-order valence-electron chi connectivity index (χ2n) is 7.60. The summed E-state index contributed by atoms with van der Waals surface area (Å²) in [5.74, 6) is -0.0172. The van der Waals surface area contributed by atoms with Crippen LogP contribution in [0.1, 0.15) is 47.7 Å². The smallest absolute Gasteiger partial charge is 0.251 e. The van der Waals surface area contributed by atoms with Gasteiger partial charge in [0, 0.05) is 35.1 Å². The number of benzene rings is 1. The lowest BCUT2D eigenvalue weighted by Gasteiger charge is -2.30. The Kier molecular flexibility index (Phi) is 6.80. The second-order valence-corrected chi connectivity index (χ2v) is 8.67. The molecule has 0 aliphatic carbocycles. The molecule has 0 saturated carbocycles. The number of anilines is 1. The predicted octanol–water partition coefficient (Wildman–Crippen LogP) is 3.44. The molecule has 2 heterocycles. The number of piperidine rings is 1. The van der Waals surface area contributed by atoms with Crippen LogP contribution in [0.2, 0.25) is 0 Å². The molecule has 1 aromatic heterocycles. The number of likely N-dealkylation sites (tertiary alicyclic amines) is 1. The van der Waals surface area contributed by atoms with Crippen LogP contribution in [-0.4, -0.2) is 40.8 Å². The maximum Gasteiger partial charge on any atom is 0.251 e. The van der Waals surface area contributed by atoms with E-state index in [9.17, 15) is 9.59 Å². The molecule has 1 fully saturated rings. The Bertz CT molecular complexity index is 808. The molecule has 3 rings (SSSR count). The summed E-state index contributed by atoms with van der Waals surface area (Å²) in [7, 11) is 0. The van der Waals surface area contributed by atoms with Gasteiger partial charge in [0.05, 0.1) is 10.7 Å². The number of hydrogen-bond donors (Lipinski definition) is 2. The third kappa shape index (κ3) is 5.62. The lowest BCUT2D eigenvalue weighted by molar-refractivity contribution is -0.121. The summed E-state index contributed by atoms with van der Waals surface area (Å²) in [6.45, 7) is 8.55. The zero-order chi connectivity index (χ0) is 20.1. The molecule has 2 amide bonds. The van der Waals surface area contributed by atoms with Gasteiger partial charge in [-0.2, -0.15) is 0 Å². The molecule has 0 bridgehead atoms. The largest absolute Gasteiger partial charge is 0.350 e. The van der Waals surface area contributed by atoms with E-state index in [0.29, 0.717) is 5.56 Å². The number of hydrogen-bond acceptors (Lipinski definition) is 5. The number of nitrogens with one attached hydrogen (secondary N) is 2. The van der Waals surface area contributed by atoms with Gasteiger partial charge < -0.3 is 10.6 Å². The molecule has 1 aliphatic rings. The Morgan fingerprint density at radius 2 is 1.89 bits per heavy atom. The number of amides is 2. The number of aromatic nitrogens is 1. The summed E-state index contributed by atoms with van der Waals surface area (Å²) in [5, 5.41) is 9.05. The summed E-state index contributed by atoms with van der Waals surface area (Å²) in [5.41, 5.74) is 2.44. The van der Waals surface area contributed by atoms with Crippen molar-refractivity contribution in [2.45, 2.75) is 46.2 Å². The van der Waals surface area contributed by atoms with E-state index < -0.39 is 0 Å². The van der Waals surface area contributed by atoms with Gasteiger partial charge in [0.15, 0.2) is 0 Å². The maximum atomic E-state index is 12.6. The van der Waals surface area contributed by atoms with Crippen LogP contribution >= 0.6 is 11.3 Å². The average Bonchev–Trinajstić information content (AvgIpc) is 3.07. The highest BCUT2D eigenvalue weighted by atomic mass is 32.1. The number of carbonyl (C=O) groups is 2. The summed E-state index contributed by atoms with van der Waals surface area (Å²) in [6, 6.07) is 7.15. The van der Waals surface area contributed by atoms with E-state index in [0.717, 1.165) is 48.9 Å². The van der Waals surface area contributed by atoms with Crippen molar-refractivity contribution in [3.8, 4) is 0 Å². The lowest BCUT2D eigenvalue weighted by atomic mass is 9.95. The quantitative estimate of drug-likeness (QED) is 0.779. The molecule has 2 N–H and O–H groups in total. The van der Waals surface area contributed by atoms with Crippen LogP contribution in [-0.2, 0) is 11.3 Å². The Hall–Kier alpha value is -2.25. The van der Waals surface area contributed by atoms with Gasteiger partial charge >= 0.3 is 0 Å². The van der Waals surface area contributed by atoms with E-state index in [-0.39, 0.29) is 23.8 Å². The molecule has 1 aromatic carbocycles. The monoisotopic (exact) mass is 400 g/mol. The van der Waals surface area contributed by atoms with Gasteiger partial charge in [0.2, 0.25) is 5.91 Å². The fourth-order valence-electron chi connectivity index (χ4n) is 3.36. The fourth-order valence-corrected chi connectivity index (χ4v) is 3.96. The van der Waals surface area contributed by atoms with Crippen LogP contribution in [0.3, 0.4) is 0 Å². The van der Waals surface area contributed by atoms with Crippen molar-refractivity contribution in [1.29, 1.82) is 0 Å². The average molecular weight is 401 g/mol. The van der Waals surface area contributed by atoms with Gasteiger partial charge in [-0.15, -0.1) is 11.3 Å². The number of rotatable bonds is 6. The molecule has 1 aliphatic heterocycles. The van der Waals surface area contributed by atoms with Gasteiger partial charge in [-0.1, -0.05) is 0 Å². The fraction of sp³-hybridized carbons (Fsp3) is 0.476. The Morgan fingerprint density at radius 1 is 1.21 bits per heavy atom. The first-order valence-corrected chi connectivity index (χ1v) is 10.6. The molecule has 1 saturated heterocycles. The molecular formula is C21H28N4O2S. The third-order valence-electron chi connectivity index (χ3n) is 4.84. The molecular weight excluding hydrogens is 372 g/mol. The van der Waals surface area contributed by atoms with Crippen molar-refractivity contribution in [3.63, 3.8) is 0 Å². The normalized spacial score (nSPS) is 15.6. The van der Waals surface area contributed by atoms with Crippen molar-refractivity contribution in [2.75, 3.05) is 18.4 Å². The lowest BCUT2D eigenvalue weighted by Crippen LogP contribution is -2.37. The highest BCUT2D eigenvalue weighted by Gasteiger charge is 2.25. The van der Waals surface area contributed by atoms with E-state index in [1.807, 2.05) is 20.8 Å². The van der Waals surface area contributed by atoms with Gasteiger partial charge in [-0.3, -0.25) is 14.5 Å². The predicted molar refractivity (Wildman–Crippen MR) is 113 cm³/mol. The molecule has 0 atom stereocenters. The minimum absolute atomic E-state index is 0.0253. The van der Waals surface area contributed by atoms with E-state index in [2.05, 4.69) is 25.9 Å². The van der Waals surface area contributed by atoms with Gasteiger partial charge in [-0.05, 0) is 71.0 Å². The molecule has 0 radical (unpaired) electrons. The molecule has 150 valence electrons. The van der Waals surface area contributed by atoms with Gasteiger partial charge in [-0.25, -0.2) is 4.98 Å². The first-order valence-electron chi connectivity index (χ1n) is 9.76. The molecule has 28 heavy (non-hydrogen) atoms. The SMILES string of the molecule is Cc1nc(CN2CCC(C(=O)Nc3ccc(C(=O)NC(C)C)cc3)CC2)cs1. The van der Waals surface area contributed by atoms with Crippen LogP contribution < -0.4 is 10.6 Å². The Labute approximate surface area is 170 Å². The Balaban J connectivity index is 1.47. The minimum Gasteiger partial charge on any atom is -0.350 e. The summed E-state index contributed by atoms with van der Waals surface area (Å²) < 4.78 is 0. The molecule has 2 aromatic rings. The van der Waals surface area contributed by atoms with Gasteiger partial charge in [0.1, 0.15) is 0 Å². The van der Waals surface area contributed by atoms with Crippen molar-refractivity contribution in [3.05, 3.63) is 45.9 Å². The Morgan fingerprint density at radius 3 is 2.46 bits per heavy atom. The van der Waals surface area contributed by atoms with Crippen molar-refractivity contribution < 1.29 is 9.59 Å². The highest BCUT2D eigenvalue weighted by molar-refractivity contribution is 7.09. The van der Waals surface area contributed by atoms with Crippen LogP contribution in [0, 0.1) is 12.8 Å². The molecule has 6 nitrogen and oxygen atoms in total. The van der Waals surface area contributed by atoms with Gasteiger partial charge in [0.25, 0.3) is 5.91 Å². The third-order valence-corrected chi connectivity index (χ3v) is 5.67. The van der Waals surface area contributed by atoms with E-state index in [4.69, 9.17) is 0 Å². The standard InChI is InChI=1S/C21H28N4O2S/c1-14(2)22-20(26)16-4-6-18(7-5-16)24-21(27)17-8-10-25(11-9-17)12-19-13-28-15(3)23-19/h4-7,13-14,17H,8-12H2,1-3H3,(H,22,26)(H,24,27).